The molecule has 1 heterocycles. The average molecular weight is 378 g/mol. The molecule has 3 heteroatoms. The molecule has 156 valence electrons. The molecule has 1 aliphatic heterocycles. The van der Waals surface area contributed by atoms with Crippen LogP contribution in [0.3, 0.4) is 0 Å². The maximum atomic E-state index is 12.1. The molecular formula is C24H43NO2. The fourth-order valence-electron chi connectivity index (χ4n) is 3.88. The summed E-state index contributed by atoms with van der Waals surface area (Å²) >= 11 is 0. The van der Waals surface area contributed by atoms with Crippen molar-refractivity contribution in [1.82, 2.24) is 4.90 Å². The first kappa shape index (κ1) is 23.9. The highest BCUT2D eigenvalue weighted by molar-refractivity contribution is 6.02. The molecule has 0 saturated carbocycles. The van der Waals surface area contributed by atoms with Crippen molar-refractivity contribution in [3.63, 3.8) is 0 Å². The summed E-state index contributed by atoms with van der Waals surface area (Å²) in [5.41, 5.74) is 0. The Morgan fingerprint density at radius 2 is 1.22 bits per heavy atom. The third-order valence-corrected chi connectivity index (χ3v) is 5.61. The van der Waals surface area contributed by atoms with Crippen molar-refractivity contribution in [2.75, 3.05) is 0 Å². The zero-order valence-electron chi connectivity index (χ0n) is 18.0. The fraction of sp³-hybridized carbons (Fsp3) is 0.833. The van der Waals surface area contributed by atoms with Crippen LogP contribution in [0.5, 0.6) is 0 Å². The summed E-state index contributed by atoms with van der Waals surface area (Å²) in [7, 11) is 0. The lowest BCUT2D eigenvalue weighted by Gasteiger charge is -2.23. The van der Waals surface area contributed by atoms with Gasteiger partial charge in [0.25, 0.3) is 0 Å². The molecule has 0 bridgehead atoms. The number of nitrogens with zero attached hydrogens (tertiary/aromatic N) is 1. The first-order chi connectivity index (χ1) is 13.2. The summed E-state index contributed by atoms with van der Waals surface area (Å²) < 4.78 is 0. The number of amides is 2. The van der Waals surface area contributed by atoms with E-state index in [1.807, 2.05) is 0 Å². The van der Waals surface area contributed by atoms with Gasteiger partial charge in [-0.3, -0.25) is 14.5 Å². The number of imide groups is 1. The van der Waals surface area contributed by atoms with Crippen molar-refractivity contribution >= 4 is 11.8 Å². The molecule has 1 atom stereocenters. The van der Waals surface area contributed by atoms with E-state index in [-0.39, 0.29) is 17.9 Å². The Hall–Kier alpha value is -1.12. The van der Waals surface area contributed by atoms with E-state index in [0.717, 1.165) is 19.3 Å². The molecular weight excluding hydrogens is 334 g/mol. The molecule has 1 fully saturated rings. The second-order valence-corrected chi connectivity index (χ2v) is 8.12. The molecule has 1 unspecified atom stereocenters. The Labute approximate surface area is 168 Å². The second kappa shape index (κ2) is 15.9. The number of hydrogen-bond acceptors (Lipinski definition) is 2. The van der Waals surface area contributed by atoms with Crippen molar-refractivity contribution in [3.8, 4) is 0 Å². The number of rotatable bonds is 17. The third-order valence-electron chi connectivity index (χ3n) is 5.61. The molecule has 27 heavy (non-hydrogen) atoms. The minimum absolute atomic E-state index is 0.0110. The molecule has 0 aromatic rings. The maximum absolute atomic E-state index is 12.1. The summed E-state index contributed by atoms with van der Waals surface area (Å²) in [4.78, 5) is 25.8. The van der Waals surface area contributed by atoms with E-state index in [1.165, 1.54) is 77.0 Å². The second-order valence-electron chi connectivity index (χ2n) is 8.12. The Kier molecular flexibility index (Phi) is 14.1. The van der Waals surface area contributed by atoms with Gasteiger partial charge in [-0.15, -0.1) is 0 Å². The Morgan fingerprint density at radius 3 is 1.78 bits per heavy atom. The van der Waals surface area contributed by atoms with Crippen molar-refractivity contribution in [2.45, 2.75) is 129 Å². The van der Waals surface area contributed by atoms with E-state index in [1.54, 1.807) is 4.90 Å². The molecule has 0 spiro atoms. The normalized spacial score (nSPS) is 16.0. The van der Waals surface area contributed by atoms with Crippen LogP contribution in [0.2, 0.25) is 0 Å². The van der Waals surface area contributed by atoms with Gasteiger partial charge in [0, 0.05) is 12.8 Å². The smallest absolute Gasteiger partial charge is 0.230 e. The monoisotopic (exact) mass is 377 g/mol. The van der Waals surface area contributed by atoms with Gasteiger partial charge in [0.1, 0.15) is 0 Å². The van der Waals surface area contributed by atoms with Gasteiger partial charge in [-0.05, 0) is 19.3 Å². The fourth-order valence-corrected chi connectivity index (χ4v) is 3.88. The van der Waals surface area contributed by atoms with Crippen molar-refractivity contribution in [1.29, 1.82) is 0 Å². The van der Waals surface area contributed by atoms with Crippen LogP contribution in [0, 0.1) is 0 Å². The zero-order valence-corrected chi connectivity index (χ0v) is 18.0. The number of hydrogen-bond donors (Lipinski definition) is 0. The highest BCUT2D eigenvalue weighted by Crippen LogP contribution is 2.21. The molecule has 1 aliphatic rings. The molecule has 3 nitrogen and oxygen atoms in total. The van der Waals surface area contributed by atoms with Crippen molar-refractivity contribution < 1.29 is 9.59 Å². The van der Waals surface area contributed by atoms with E-state index in [9.17, 15) is 9.59 Å². The number of carbonyl (C=O) groups is 2. The summed E-state index contributed by atoms with van der Waals surface area (Å²) in [6, 6.07) is -0.0110. The van der Waals surface area contributed by atoms with Gasteiger partial charge < -0.3 is 0 Å². The summed E-state index contributed by atoms with van der Waals surface area (Å²) in [5.74, 6) is 0.0468. The quantitative estimate of drug-likeness (QED) is 0.156. The number of carbonyl (C=O) groups excluding carboxylic acids is 2. The lowest BCUT2D eigenvalue weighted by molar-refractivity contribution is -0.140. The number of allylic oxidation sites excluding steroid dienone is 1. The highest BCUT2D eigenvalue weighted by Gasteiger charge is 2.33. The van der Waals surface area contributed by atoms with E-state index in [2.05, 4.69) is 26.0 Å². The Bertz CT molecular complexity index is 414. The van der Waals surface area contributed by atoms with Crippen LogP contribution in [0.25, 0.3) is 0 Å². The van der Waals surface area contributed by atoms with Gasteiger partial charge in [0.05, 0.1) is 6.04 Å². The van der Waals surface area contributed by atoms with Crippen molar-refractivity contribution in [3.05, 3.63) is 12.2 Å². The first-order valence-corrected chi connectivity index (χ1v) is 11.7. The van der Waals surface area contributed by atoms with Crippen LogP contribution >= 0.6 is 0 Å². The number of likely N-dealkylation sites (tertiary alicyclic amines) is 1. The summed E-state index contributed by atoms with van der Waals surface area (Å²) in [5, 5.41) is 0. The largest absolute Gasteiger partial charge is 0.276 e. The third kappa shape index (κ3) is 10.7. The summed E-state index contributed by atoms with van der Waals surface area (Å²) in [6.45, 7) is 4.47. The Balaban J connectivity index is 2.26. The molecule has 0 aliphatic carbocycles. The van der Waals surface area contributed by atoms with Gasteiger partial charge >= 0.3 is 0 Å². The van der Waals surface area contributed by atoms with Gasteiger partial charge in [-0.1, -0.05) is 103 Å². The molecule has 0 aromatic heterocycles. The van der Waals surface area contributed by atoms with Gasteiger partial charge in [-0.25, -0.2) is 0 Å². The molecule has 0 aromatic carbocycles. The zero-order chi connectivity index (χ0) is 19.7. The van der Waals surface area contributed by atoms with E-state index in [4.69, 9.17) is 0 Å². The van der Waals surface area contributed by atoms with Crippen LogP contribution < -0.4 is 0 Å². The predicted molar refractivity (Wildman–Crippen MR) is 115 cm³/mol. The molecule has 1 rings (SSSR count). The SMILES string of the molecule is CCCCC/C=C/C(CCCCCCCCCCCC)N1C(=O)CCC1=O. The lowest BCUT2D eigenvalue weighted by Crippen LogP contribution is -2.38. The molecule has 0 radical (unpaired) electrons. The minimum Gasteiger partial charge on any atom is -0.276 e. The van der Waals surface area contributed by atoms with E-state index >= 15 is 0 Å². The van der Waals surface area contributed by atoms with Crippen LogP contribution in [0.1, 0.15) is 123 Å². The van der Waals surface area contributed by atoms with Gasteiger partial charge in [-0.2, -0.15) is 0 Å². The topological polar surface area (TPSA) is 37.4 Å². The van der Waals surface area contributed by atoms with Crippen LogP contribution in [0.15, 0.2) is 12.2 Å². The van der Waals surface area contributed by atoms with Gasteiger partial charge in [0.2, 0.25) is 11.8 Å². The summed E-state index contributed by atoms with van der Waals surface area (Å²) in [6.07, 6.45) is 23.9. The number of unbranched alkanes of at least 4 members (excludes halogenated alkanes) is 12. The average Bonchev–Trinajstić information content (AvgIpc) is 3.00. The first-order valence-electron chi connectivity index (χ1n) is 11.7. The minimum atomic E-state index is -0.0110. The standard InChI is InChI=1S/C24H43NO2/c1-3-5-7-9-10-11-12-13-15-17-19-22(18-16-14-8-6-4-2)25-23(26)20-21-24(25)27/h16,18,22H,3-15,17,19-21H2,1-2H3/b18-16+. The van der Waals surface area contributed by atoms with Crippen LogP contribution in [-0.2, 0) is 9.59 Å². The maximum Gasteiger partial charge on any atom is 0.230 e. The lowest BCUT2D eigenvalue weighted by atomic mass is 10.0. The highest BCUT2D eigenvalue weighted by atomic mass is 16.2. The van der Waals surface area contributed by atoms with Crippen LogP contribution in [-0.4, -0.2) is 22.8 Å². The Morgan fingerprint density at radius 1 is 0.741 bits per heavy atom. The predicted octanol–water partition coefficient (Wildman–Crippen LogP) is 6.95. The molecule has 2 amide bonds. The van der Waals surface area contributed by atoms with Gasteiger partial charge in [0.15, 0.2) is 0 Å². The van der Waals surface area contributed by atoms with E-state index < -0.39 is 0 Å². The molecule has 1 saturated heterocycles. The van der Waals surface area contributed by atoms with Crippen LogP contribution in [0.4, 0.5) is 0 Å². The molecule has 0 N–H and O–H groups in total. The van der Waals surface area contributed by atoms with Crippen molar-refractivity contribution in [2.24, 2.45) is 0 Å². The van der Waals surface area contributed by atoms with E-state index in [0.29, 0.717) is 12.8 Å².